The lowest BCUT2D eigenvalue weighted by molar-refractivity contribution is -0.125. The number of rotatable bonds is 7. The number of para-hydroxylation sites is 1. The molecule has 2 aliphatic heterocycles. The van der Waals surface area contributed by atoms with E-state index in [0.717, 1.165) is 58.5 Å². The van der Waals surface area contributed by atoms with E-state index in [1.54, 1.807) is 17.8 Å². The van der Waals surface area contributed by atoms with Crippen LogP contribution in [0, 0.1) is 5.92 Å². The fraction of sp³-hybridized carbons (Fsp3) is 0.481. The van der Waals surface area contributed by atoms with Gasteiger partial charge in [0.15, 0.2) is 11.5 Å². The van der Waals surface area contributed by atoms with Crippen molar-refractivity contribution in [2.75, 3.05) is 62.2 Å². The number of fused-ring (bicyclic) bond motifs is 1. The van der Waals surface area contributed by atoms with Crippen LogP contribution < -0.4 is 20.7 Å². The summed E-state index contributed by atoms with van der Waals surface area (Å²) in [6.07, 6.45) is 4.29. The molecule has 2 aromatic heterocycles. The molecule has 2 saturated heterocycles. The van der Waals surface area contributed by atoms with Gasteiger partial charge in [-0.3, -0.25) is 19.1 Å². The Labute approximate surface area is 211 Å². The van der Waals surface area contributed by atoms with Crippen LogP contribution >= 0.6 is 0 Å². The molecular weight excluding hydrogens is 454 g/mol. The summed E-state index contributed by atoms with van der Waals surface area (Å²) >= 11 is 0. The van der Waals surface area contributed by atoms with E-state index < -0.39 is 0 Å². The molecule has 1 N–H and O–H groups in total. The highest BCUT2D eigenvalue weighted by Crippen LogP contribution is 2.21. The second kappa shape index (κ2) is 11.1. The smallest absolute Gasteiger partial charge is 0.294 e. The number of benzene rings is 1. The molecule has 0 spiro atoms. The van der Waals surface area contributed by atoms with E-state index in [1.807, 2.05) is 17.0 Å². The number of hydrogen-bond donors (Lipinski definition) is 1. The average molecular weight is 490 g/mol. The Bertz CT molecular complexity index is 1240. The van der Waals surface area contributed by atoms with Crippen molar-refractivity contribution in [3.63, 3.8) is 0 Å². The van der Waals surface area contributed by atoms with Gasteiger partial charge in [-0.25, -0.2) is 9.97 Å². The minimum atomic E-state index is -0.172. The number of aromatic nitrogens is 3. The number of aryl methyl sites for hydroxylation is 1. The number of carbonyl (C=O) groups excluding carboxylic acids is 1. The molecule has 1 amide bonds. The van der Waals surface area contributed by atoms with Crippen LogP contribution in [0.3, 0.4) is 0 Å². The fourth-order valence-electron chi connectivity index (χ4n) is 5.26. The van der Waals surface area contributed by atoms with Crippen molar-refractivity contribution in [1.29, 1.82) is 0 Å². The first-order valence-electron chi connectivity index (χ1n) is 13.0. The summed E-state index contributed by atoms with van der Waals surface area (Å²) in [5, 5.41) is 3.14. The molecule has 1 unspecified atom stereocenters. The van der Waals surface area contributed by atoms with Gasteiger partial charge in [0.1, 0.15) is 5.52 Å². The van der Waals surface area contributed by atoms with Crippen molar-refractivity contribution >= 4 is 28.6 Å². The molecule has 4 heterocycles. The van der Waals surface area contributed by atoms with Gasteiger partial charge in [-0.1, -0.05) is 18.2 Å². The Morgan fingerprint density at radius 1 is 1.03 bits per heavy atom. The lowest BCUT2D eigenvalue weighted by atomic mass is 9.97. The number of nitrogens with zero attached hydrogens (tertiary/aromatic N) is 6. The Morgan fingerprint density at radius 2 is 1.83 bits per heavy atom. The van der Waals surface area contributed by atoms with Crippen molar-refractivity contribution in [1.82, 2.24) is 24.8 Å². The first-order valence-corrected chi connectivity index (χ1v) is 13.0. The van der Waals surface area contributed by atoms with Gasteiger partial charge in [-0.05, 0) is 50.1 Å². The maximum atomic E-state index is 12.9. The van der Waals surface area contributed by atoms with Crippen LogP contribution in [0.25, 0.3) is 11.2 Å². The molecular formula is C27H35N7O2. The quantitative estimate of drug-likeness (QED) is 0.507. The molecule has 0 radical (unpaired) electrons. The van der Waals surface area contributed by atoms with Crippen molar-refractivity contribution in [3.8, 4) is 0 Å². The Morgan fingerprint density at radius 3 is 2.64 bits per heavy atom. The number of anilines is 2. The topological polar surface area (TPSA) is 86.6 Å². The zero-order valence-electron chi connectivity index (χ0n) is 21.0. The molecule has 3 aromatic rings. The summed E-state index contributed by atoms with van der Waals surface area (Å²) in [6.45, 7) is 7.07. The number of piperazine rings is 1. The molecule has 5 rings (SSSR count). The Balaban J connectivity index is 1.09. The van der Waals surface area contributed by atoms with Gasteiger partial charge in [0.25, 0.3) is 5.56 Å². The third kappa shape index (κ3) is 5.36. The molecule has 36 heavy (non-hydrogen) atoms. The highest BCUT2D eigenvalue weighted by atomic mass is 16.2. The lowest BCUT2D eigenvalue weighted by Gasteiger charge is -2.36. The monoisotopic (exact) mass is 489 g/mol. The van der Waals surface area contributed by atoms with Gasteiger partial charge in [0.05, 0.1) is 5.92 Å². The summed E-state index contributed by atoms with van der Waals surface area (Å²) in [6, 6.07) is 14.3. The van der Waals surface area contributed by atoms with E-state index in [2.05, 4.69) is 55.4 Å². The standard InChI is InChI=1S/C27H35N7O2/c1-31-24-23(11-5-12-28-24)30-25(27(31)36)34-15-6-8-21(20-34)26(35)29-13-7-14-32-16-18-33(19-17-32)22-9-3-2-4-10-22/h2-5,9-12,21H,6-8,13-20H2,1H3,(H,29,35). The van der Waals surface area contributed by atoms with E-state index >= 15 is 0 Å². The number of nitrogens with one attached hydrogen (secondary N) is 1. The number of hydrogen-bond acceptors (Lipinski definition) is 7. The number of amides is 1. The van der Waals surface area contributed by atoms with E-state index in [-0.39, 0.29) is 17.4 Å². The normalized spacial score (nSPS) is 19.0. The Hall–Kier alpha value is -3.46. The van der Waals surface area contributed by atoms with E-state index in [1.165, 1.54) is 5.69 Å². The summed E-state index contributed by atoms with van der Waals surface area (Å²) in [5.41, 5.74) is 2.37. The number of carbonyl (C=O) groups is 1. The van der Waals surface area contributed by atoms with Crippen LogP contribution in [0.15, 0.2) is 53.5 Å². The van der Waals surface area contributed by atoms with Gasteiger partial charge >= 0.3 is 0 Å². The molecule has 2 aliphatic rings. The van der Waals surface area contributed by atoms with Crippen molar-refractivity contribution < 1.29 is 4.79 Å². The zero-order chi connectivity index (χ0) is 24.9. The lowest BCUT2D eigenvalue weighted by Crippen LogP contribution is -2.47. The molecule has 1 aromatic carbocycles. The van der Waals surface area contributed by atoms with Gasteiger partial charge < -0.3 is 15.1 Å². The molecule has 9 nitrogen and oxygen atoms in total. The molecule has 9 heteroatoms. The van der Waals surface area contributed by atoms with E-state index in [0.29, 0.717) is 30.1 Å². The average Bonchev–Trinajstić information content (AvgIpc) is 2.94. The molecule has 190 valence electrons. The highest BCUT2D eigenvalue weighted by molar-refractivity contribution is 5.79. The van der Waals surface area contributed by atoms with E-state index in [9.17, 15) is 9.59 Å². The van der Waals surface area contributed by atoms with Crippen molar-refractivity contribution in [2.24, 2.45) is 13.0 Å². The first kappa shape index (κ1) is 24.2. The number of pyridine rings is 1. The van der Waals surface area contributed by atoms with Crippen LogP contribution in [0.5, 0.6) is 0 Å². The summed E-state index contributed by atoms with van der Waals surface area (Å²) in [4.78, 5) is 41.6. The maximum absolute atomic E-state index is 12.9. The van der Waals surface area contributed by atoms with Crippen molar-refractivity contribution in [3.05, 3.63) is 59.0 Å². The second-order valence-electron chi connectivity index (χ2n) is 9.74. The SMILES string of the molecule is Cn1c(=O)c(N2CCCC(C(=O)NCCCN3CCN(c4ccccc4)CC3)C2)nc2cccnc21. The Kier molecular flexibility index (Phi) is 7.46. The molecule has 0 aliphatic carbocycles. The van der Waals surface area contributed by atoms with Gasteiger partial charge in [-0.15, -0.1) is 0 Å². The molecule has 1 atom stereocenters. The van der Waals surface area contributed by atoms with Gasteiger partial charge in [0.2, 0.25) is 5.91 Å². The largest absolute Gasteiger partial charge is 0.369 e. The summed E-state index contributed by atoms with van der Waals surface area (Å²) in [5.74, 6) is 0.349. The highest BCUT2D eigenvalue weighted by Gasteiger charge is 2.28. The van der Waals surface area contributed by atoms with Gasteiger partial charge in [0, 0.05) is 64.7 Å². The third-order valence-electron chi connectivity index (χ3n) is 7.34. The molecule has 2 fully saturated rings. The van der Waals surface area contributed by atoms with Crippen LogP contribution in [-0.4, -0.2) is 77.7 Å². The predicted octanol–water partition coefficient (Wildman–Crippen LogP) is 1.87. The van der Waals surface area contributed by atoms with Crippen molar-refractivity contribution in [2.45, 2.75) is 19.3 Å². The summed E-state index contributed by atoms with van der Waals surface area (Å²) in [7, 11) is 1.72. The van der Waals surface area contributed by atoms with Gasteiger partial charge in [-0.2, -0.15) is 0 Å². The third-order valence-corrected chi connectivity index (χ3v) is 7.34. The number of piperidine rings is 1. The van der Waals surface area contributed by atoms with E-state index in [4.69, 9.17) is 0 Å². The fourth-order valence-corrected chi connectivity index (χ4v) is 5.26. The van der Waals surface area contributed by atoms with Crippen LogP contribution in [0.4, 0.5) is 11.5 Å². The van der Waals surface area contributed by atoms with Crippen LogP contribution in [-0.2, 0) is 11.8 Å². The predicted molar refractivity (Wildman–Crippen MR) is 142 cm³/mol. The first-order chi connectivity index (χ1) is 17.6. The zero-order valence-corrected chi connectivity index (χ0v) is 21.0. The molecule has 0 saturated carbocycles. The minimum absolute atomic E-state index is 0.0767. The minimum Gasteiger partial charge on any atom is -0.369 e. The van der Waals surface area contributed by atoms with Crippen LogP contribution in [0.1, 0.15) is 19.3 Å². The van der Waals surface area contributed by atoms with Crippen LogP contribution in [0.2, 0.25) is 0 Å². The maximum Gasteiger partial charge on any atom is 0.294 e. The molecule has 0 bridgehead atoms. The second-order valence-corrected chi connectivity index (χ2v) is 9.74. The summed E-state index contributed by atoms with van der Waals surface area (Å²) < 4.78 is 1.54.